The van der Waals surface area contributed by atoms with E-state index in [1.54, 1.807) is 13.8 Å². The zero-order valence-electron chi connectivity index (χ0n) is 63.9. The largest absolute Gasteiger partial charge is 0.388 e. The minimum atomic E-state index is -1.52. The van der Waals surface area contributed by atoms with Crippen molar-refractivity contribution in [1.82, 2.24) is 47.0 Å². The first-order valence-electron chi connectivity index (χ1n) is 37.8. The Morgan fingerprint density at radius 1 is 0.318 bits per heavy atom. The molecule has 0 radical (unpaired) electrons. The number of hydrogen-bond donors (Lipinski definition) is 21. The van der Waals surface area contributed by atoms with Gasteiger partial charge in [-0.3, -0.25) is 57.7 Å². The van der Waals surface area contributed by atoms with Gasteiger partial charge in [0.25, 0.3) is 0 Å². The van der Waals surface area contributed by atoms with Gasteiger partial charge in [0.1, 0.15) is 103 Å². The highest BCUT2D eigenvalue weighted by Crippen LogP contribution is 2.26. The van der Waals surface area contributed by atoms with E-state index >= 15 is 0 Å². The third-order valence-corrected chi connectivity index (χ3v) is 18.1. The molecule has 0 bridgehead atoms. The molecule has 0 saturated carbocycles. The molecular weight excluding hydrogens is 1460 g/mol. The average Bonchev–Trinajstić information content (AvgIpc) is 0.844. The molecule has 110 heavy (non-hydrogen) atoms. The van der Waals surface area contributed by atoms with Gasteiger partial charge in [-0.25, -0.2) is 0 Å². The second-order valence-electron chi connectivity index (χ2n) is 27.7. The lowest BCUT2D eigenvalue weighted by molar-refractivity contribution is -0.293. The minimum Gasteiger partial charge on any atom is -0.388 e. The molecule has 4 saturated heterocycles. The van der Waals surface area contributed by atoms with Crippen LogP contribution in [0.1, 0.15) is 131 Å². The van der Waals surface area contributed by atoms with Crippen LogP contribution in [0.4, 0.5) is 0 Å². The Morgan fingerprint density at radius 3 is 0.909 bits per heavy atom. The summed E-state index contributed by atoms with van der Waals surface area (Å²) in [4.78, 5) is 127. The first-order chi connectivity index (χ1) is 52.1. The van der Waals surface area contributed by atoms with Crippen LogP contribution < -0.4 is 48.7 Å². The molecule has 0 aromatic rings. The van der Waals surface area contributed by atoms with Gasteiger partial charge in [0.05, 0.1) is 90.1 Å². The lowest BCUT2D eigenvalue weighted by Crippen LogP contribution is -2.57. The molecular formula is C69H125N11O30. The Hall–Kier alpha value is -5.66. The number of nitrogens with zero attached hydrogens (tertiary/aromatic N) is 2. The molecule has 0 aromatic carbocycles. The Morgan fingerprint density at radius 2 is 0.591 bits per heavy atom. The maximum Gasteiger partial charge on any atom is 0.238 e. The van der Waals surface area contributed by atoms with Crippen molar-refractivity contribution in [2.75, 3.05) is 112 Å². The van der Waals surface area contributed by atoms with Crippen molar-refractivity contribution in [1.29, 1.82) is 0 Å². The lowest BCUT2D eigenvalue weighted by atomic mass is 10.00. The SMILES string of the molecule is CCNC(=O)[C@@H](N)CNC(=O)CCCCCCC(=O)CN(CC(=O)CCCO[C@@H]1O[C@@H](C)[C@@H](O)[C@@H](O)[C@@H]1O)CC(=O)CCCO[C@@H]1O[C@@H](C)[C@@H](O)[C@@H](O)[C@@H]1O.CCNC(=O)[C@@H](N)CNC(=O)CCCCCNC(=O)CN(CC(=O)NCCO[C@@H]1O[C@@H](C)[C@@H](O)[C@@H](O)[C@@H]1O)CC(=O)NCCO[C@@H]1O[C@@H](C)[C@@H](O)[C@@H](O)[C@@H]1O. The van der Waals surface area contributed by atoms with Crippen LogP contribution in [0.3, 0.4) is 0 Å². The van der Waals surface area contributed by atoms with E-state index in [0.717, 1.165) is 0 Å². The molecule has 23 N–H and O–H groups in total. The number of nitrogens with two attached hydrogens (primary N) is 2. The van der Waals surface area contributed by atoms with Gasteiger partial charge in [-0.15, -0.1) is 0 Å². The molecule has 4 aliphatic rings. The number of likely N-dealkylation sites (N-methyl/N-ethyl adjacent to an activating group) is 2. The molecule has 4 aliphatic heterocycles. The van der Waals surface area contributed by atoms with Gasteiger partial charge in [-0.1, -0.05) is 19.3 Å². The second-order valence-corrected chi connectivity index (χ2v) is 27.7. The quantitative estimate of drug-likeness (QED) is 0.0252. The predicted molar refractivity (Wildman–Crippen MR) is 384 cm³/mol. The number of nitrogens with one attached hydrogen (secondary N) is 7. The average molecular weight is 1590 g/mol. The Bertz CT molecular complexity index is 2470. The molecule has 0 spiro atoms. The molecule has 0 aromatic heterocycles. The van der Waals surface area contributed by atoms with Gasteiger partial charge >= 0.3 is 0 Å². The number of aliphatic hydroxyl groups excluding tert-OH is 12. The van der Waals surface area contributed by atoms with E-state index in [1.165, 1.54) is 37.5 Å². The summed E-state index contributed by atoms with van der Waals surface area (Å²) in [6.45, 7) is 8.80. The van der Waals surface area contributed by atoms with Gasteiger partial charge in [-0.05, 0) is 80.1 Å². The Kier molecular flexibility index (Phi) is 47.9. The fourth-order valence-corrected chi connectivity index (χ4v) is 11.6. The van der Waals surface area contributed by atoms with E-state index in [4.69, 9.17) is 49.4 Å². The van der Waals surface area contributed by atoms with Crippen molar-refractivity contribution < 1.29 is 147 Å². The van der Waals surface area contributed by atoms with E-state index in [1.807, 2.05) is 0 Å². The van der Waals surface area contributed by atoms with E-state index in [-0.39, 0.29) is 184 Å². The molecule has 4 fully saturated rings. The number of unbranched alkanes of at least 4 members (excludes halogenated alkanes) is 5. The van der Waals surface area contributed by atoms with E-state index in [0.29, 0.717) is 58.0 Å². The smallest absolute Gasteiger partial charge is 0.238 e. The van der Waals surface area contributed by atoms with Crippen molar-refractivity contribution in [3.8, 4) is 0 Å². The minimum absolute atomic E-state index is 0.000343. The fourth-order valence-electron chi connectivity index (χ4n) is 11.6. The third-order valence-electron chi connectivity index (χ3n) is 18.1. The maximum absolute atomic E-state index is 12.9. The molecule has 41 heteroatoms. The first kappa shape index (κ1) is 98.5. The molecule has 0 unspecified atom stereocenters. The number of carbonyl (C=O) groups excluding carboxylic acids is 10. The number of aliphatic hydroxyl groups is 12. The molecule has 0 aliphatic carbocycles. The number of ether oxygens (including phenoxy) is 8. The van der Waals surface area contributed by atoms with Crippen LogP contribution in [0.15, 0.2) is 0 Å². The van der Waals surface area contributed by atoms with Crippen molar-refractivity contribution >= 4 is 58.7 Å². The molecule has 22 atom stereocenters. The monoisotopic (exact) mass is 1590 g/mol. The van der Waals surface area contributed by atoms with E-state index < -0.39 is 153 Å². The molecule has 636 valence electrons. The van der Waals surface area contributed by atoms with Crippen LogP contribution in [0, 0.1) is 0 Å². The summed E-state index contributed by atoms with van der Waals surface area (Å²) in [5.41, 5.74) is 11.5. The molecule has 4 heterocycles. The number of carbonyl (C=O) groups is 10. The van der Waals surface area contributed by atoms with Gasteiger partial charge < -0.3 is 148 Å². The highest BCUT2D eigenvalue weighted by molar-refractivity contribution is 5.87. The number of ketones is 3. The number of rotatable bonds is 51. The van der Waals surface area contributed by atoms with Gasteiger partial charge in [0.15, 0.2) is 25.2 Å². The summed E-state index contributed by atoms with van der Waals surface area (Å²) < 4.78 is 43.3. The predicted octanol–water partition coefficient (Wildman–Crippen LogP) is -9.37. The van der Waals surface area contributed by atoms with Crippen LogP contribution in [0.2, 0.25) is 0 Å². The summed E-state index contributed by atoms with van der Waals surface area (Å²) in [6.07, 6.45) is -19.7. The summed E-state index contributed by atoms with van der Waals surface area (Å²) in [7, 11) is 0. The van der Waals surface area contributed by atoms with Gasteiger partial charge in [0, 0.05) is 77.9 Å². The van der Waals surface area contributed by atoms with Crippen LogP contribution in [-0.4, -0.2) is 376 Å². The summed E-state index contributed by atoms with van der Waals surface area (Å²) in [6, 6.07) is -1.68. The normalized spacial score (nSPS) is 28.7. The van der Waals surface area contributed by atoms with Crippen molar-refractivity contribution in [2.45, 2.75) is 266 Å². The zero-order chi connectivity index (χ0) is 82.2. The standard InChI is InChI=1S/C36H64N4O15.C33H61N7O15/c1-4-38-34(51)26(37)17-39-27(44)14-8-6-5-7-11-23(41)18-40(19-24(42)12-9-15-52-35-32(49)30(47)28(45)21(2)54-35)20-25(43)13-10-16-53-36-33(50)31(48)29(46)22(3)55-36;1-4-35-31(51)20(34)14-39-21(41)8-6-5-7-9-36-22(42)15-40(16-23(43)37-10-12-52-32-29(49)27(47)25(45)18(2)54-32)17-24(44)38-11-13-53-33-30(50)28(48)26(46)19(3)55-33/h21-22,26,28-33,35-36,45-50H,4-20,37H2,1-3H3,(H,38,51)(H,39,44);18-20,25-30,32-33,45-50H,4-17,34H2,1-3H3,(H,35,51)(H,36,42)(H,37,43)(H,38,44)(H,39,41)/t21-,22-,26-,28+,29+,30+,31+,32-,33-,35+,36+;18-,19-,20-,25+,26+,27+,28+,29-,30-,32+,33+/m00/s1. The van der Waals surface area contributed by atoms with Crippen molar-refractivity contribution in [2.24, 2.45) is 11.5 Å². The highest BCUT2D eigenvalue weighted by atomic mass is 16.7. The fraction of sp³-hybridized carbons (Fsp3) is 0.855. The van der Waals surface area contributed by atoms with Crippen molar-refractivity contribution in [3.05, 3.63) is 0 Å². The number of amides is 7. The second kappa shape index (κ2) is 53.4. The Balaban J connectivity index is 0.000000570. The van der Waals surface area contributed by atoms with Crippen LogP contribution in [0.25, 0.3) is 0 Å². The van der Waals surface area contributed by atoms with Crippen LogP contribution >= 0.6 is 0 Å². The number of Topliss-reactive ketones (excluding diaryl/α,β-unsaturated/α-hetero) is 3. The summed E-state index contributed by atoms with van der Waals surface area (Å²) >= 11 is 0. The first-order valence-corrected chi connectivity index (χ1v) is 37.8. The van der Waals surface area contributed by atoms with Gasteiger partial charge in [-0.2, -0.15) is 0 Å². The zero-order valence-corrected chi connectivity index (χ0v) is 63.9. The lowest BCUT2D eigenvalue weighted by Gasteiger charge is -2.38. The number of hydrogen-bond acceptors (Lipinski definition) is 34. The van der Waals surface area contributed by atoms with Crippen LogP contribution in [0.5, 0.6) is 0 Å². The highest BCUT2D eigenvalue weighted by Gasteiger charge is 2.46. The molecule has 41 nitrogen and oxygen atoms in total. The molecule has 4 rings (SSSR count). The Labute approximate surface area is 640 Å². The summed E-state index contributed by atoms with van der Waals surface area (Å²) in [5.74, 6) is -3.46. The van der Waals surface area contributed by atoms with E-state index in [2.05, 4.69) is 37.2 Å². The topological polar surface area (TPSA) is 630 Å². The third kappa shape index (κ3) is 37.1. The van der Waals surface area contributed by atoms with Gasteiger partial charge in [0.2, 0.25) is 41.4 Å². The summed E-state index contributed by atoms with van der Waals surface area (Å²) in [5, 5.41) is 138. The molecule has 7 amide bonds. The van der Waals surface area contributed by atoms with E-state index in [9.17, 15) is 109 Å². The maximum atomic E-state index is 12.9. The van der Waals surface area contributed by atoms with Crippen LogP contribution in [-0.2, 0) is 85.8 Å². The van der Waals surface area contributed by atoms with Crippen molar-refractivity contribution in [3.63, 3.8) is 0 Å².